The number of hydrogen-bond acceptors (Lipinski definition) is 6. The molecule has 262 valence electrons. The van der Waals surface area contributed by atoms with Crippen LogP contribution in [-0.4, -0.2) is 83.1 Å². The number of rotatable bonds is 16. The van der Waals surface area contributed by atoms with Crippen LogP contribution in [0.15, 0.2) is 42.1 Å². The second kappa shape index (κ2) is 16.4. The quantitative estimate of drug-likeness (QED) is 0.136. The summed E-state index contributed by atoms with van der Waals surface area (Å²) in [6, 6.07) is 5.01. The molecule has 4 atom stereocenters. The number of para-hydroxylation sites is 1. The van der Waals surface area contributed by atoms with Crippen molar-refractivity contribution in [3.8, 4) is 0 Å². The third-order valence-electron chi connectivity index (χ3n) is 9.07. The number of benzene rings is 1. The molecule has 2 aromatic rings. The smallest absolute Gasteiger partial charge is 0.326 e. The van der Waals surface area contributed by atoms with Crippen molar-refractivity contribution in [2.75, 3.05) is 20.6 Å². The number of carboxylic acid groups (broad SMARTS) is 1. The predicted octanol–water partition coefficient (Wildman–Crippen LogP) is 3.70. The molecule has 2 rings (SSSR count). The Morgan fingerprint density at radius 2 is 1.64 bits per heavy atom. The number of aliphatic carboxylic acids is 1. The summed E-state index contributed by atoms with van der Waals surface area (Å²) in [6.45, 7) is 15.7. The summed E-state index contributed by atoms with van der Waals surface area (Å²) in [5, 5.41) is 19.6. The molecule has 0 aliphatic rings. The van der Waals surface area contributed by atoms with Gasteiger partial charge in [-0.2, -0.15) is 0 Å². The van der Waals surface area contributed by atoms with Gasteiger partial charge in [-0.3, -0.25) is 14.4 Å². The maximum atomic E-state index is 14.2. The molecule has 1 aromatic carbocycles. The van der Waals surface area contributed by atoms with Crippen LogP contribution in [0.1, 0.15) is 80.2 Å². The van der Waals surface area contributed by atoms with Crippen LogP contribution in [0.4, 0.5) is 0 Å². The molecule has 6 N–H and O–H groups in total. The van der Waals surface area contributed by atoms with Crippen molar-refractivity contribution >= 4 is 34.6 Å². The molecule has 0 aliphatic heterocycles. The largest absolute Gasteiger partial charge is 0.480 e. The first-order chi connectivity index (χ1) is 21.8. The van der Waals surface area contributed by atoms with Crippen LogP contribution >= 0.6 is 0 Å². The first-order valence-corrected chi connectivity index (χ1v) is 16.5. The lowest BCUT2D eigenvalue weighted by molar-refractivity contribution is -0.141. The molecular formula is C36H58N6O5. The molecule has 1 aromatic heterocycles. The fourth-order valence-electron chi connectivity index (χ4n) is 6.16. The van der Waals surface area contributed by atoms with Crippen LogP contribution in [0, 0.1) is 11.3 Å². The SMILES string of the molecule is CN[C@H](C(=O)NC(C(=O)N(C)[C@H](/C=C(\C)C(=O)N[C@@H](CCCCN)C(=O)O)C(C)C)C(C)(C)C)C(C)(C)c1cn(C)c2ccccc12. The molecule has 47 heavy (non-hydrogen) atoms. The highest BCUT2D eigenvalue weighted by Gasteiger charge is 2.42. The first-order valence-electron chi connectivity index (χ1n) is 16.5. The highest BCUT2D eigenvalue weighted by Crippen LogP contribution is 2.35. The minimum Gasteiger partial charge on any atom is -0.480 e. The monoisotopic (exact) mass is 654 g/mol. The molecule has 0 saturated carbocycles. The number of nitrogens with zero attached hydrogens (tertiary/aromatic N) is 2. The molecule has 0 spiro atoms. The van der Waals surface area contributed by atoms with E-state index in [0.717, 1.165) is 16.5 Å². The summed E-state index contributed by atoms with van der Waals surface area (Å²) >= 11 is 0. The van der Waals surface area contributed by atoms with Crippen LogP contribution in [0.2, 0.25) is 0 Å². The molecule has 1 heterocycles. The van der Waals surface area contributed by atoms with Gasteiger partial charge in [0.2, 0.25) is 17.7 Å². The molecule has 0 fully saturated rings. The van der Waals surface area contributed by atoms with Crippen molar-refractivity contribution < 1.29 is 24.3 Å². The van der Waals surface area contributed by atoms with E-state index in [4.69, 9.17) is 5.73 Å². The predicted molar refractivity (Wildman–Crippen MR) is 188 cm³/mol. The van der Waals surface area contributed by atoms with E-state index in [1.165, 1.54) is 0 Å². The lowest BCUT2D eigenvalue weighted by atomic mass is 9.76. The number of aromatic nitrogens is 1. The number of aryl methyl sites for hydroxylation is 1. The molecule has 0 aliphatic carbocycles. The van der Waals surface area contributed by atoms with Crippen molar-refractivity contribution in [1.82, 2.24) is 25.4 Å². The number of nitrogens with one attached hydrogen (secondary N) is 3. The van der Waals surface area contributed by atoms with Gasteiger partial charge in [-0.25, -0.2) is 4.79 Å². The number of amides is 3. The highest BCUT2D eigenvalue weighted by atomic mass is 16.4. The fourth-order valence-corrected chi connectivity index (χ4v) is 6.16. The number of carbonyl (C=O) groups excluding carboxylic acids is 3. The van der Waals surface area contributed by atoms with Crippen molar-refractivity contribution in [2.24, 2.45) is 24.1 Å². The lowest BCUT2D eigenvalue weighted by Crippen LogP contribution is -2.61. The maximum Gasteiger partial charge on any atom is 0.326 e. The first kappa shape index (κ1) is 39.5. The third kappa shape index (κ3) is 9.67. The van der Waals surface area contributed by atoms with E-state index in [1.54, 1.807) is 32.0 Å². The Balaban J connectivity index is 2.35. The van der Waals surface area contributed by atoms with E-state index >= 15 is 0 Å². The van der Waals surface area contributed by atoms with Gasteiger partial charge in [0.25, 0.3) is 0 Å². The highest BCUT2D eigenvalue weighted by molar-refractivity contribution is 5.96. The normalized spacial score (nSPS) is 15.2. The van der Waals surface area contributed by atoms with Gasteiger partial charge in [0.15, 0.2) is 0 Å². The van der Waals surface area contributed by atoms with E-state index in [0.29, 0.717) is 25.0 Å². The summed E-state index contributed by atoms with van der Waals surface area (Å²) < 4.78 is 2.05. The van der Waals surface area contributed by atoms with Crippen molar-refractivity contribution in [3.63, 3.8) is 0 Å². The Labute approximate surface area is 280 Å². The summed E-state index contributed by atoms with van der Waals surface area (Å²) in [5.41, 5.74) is 6.64. The van der Waals surface area contributed by atoms with Gasteiger partial charge in [0.05, 0.1) is 12.1 Å². The zero-order valence-corrected chi connectivity index (χ0v) is 30.2. The van der Waals surface area contributed by atoms with Crippen molar-refractivity contribution in [2.45, 2.75) is 104 Å². The number of hydrogen-bond donors (Lipinski definition) is 5. The minimum absolute atomic E-state index is 0.0850. The average Bonchev–Trinajstić information content (AvgIpc) is 3.33. The third-order valence-corrected chi connectivity index (χ3v) is 9.07. The van der Waals surface area contributed by atoms with Gasteiger partial charge in [0, 0.05) is 42.2 Å². The Morgan fingerprint density at radius 1 is 1.02 bits per heavy atom. The van der Waals surface area contributed by atoms with E-state index in [9.17, 15) is 24.3 Å². The topological polar surface area (TPSA) is 159 Å². The van der Waals surface area contributed by atoms with Crippen LogP contribution in [0.25, 0.3) is 10.9 Å². The van der Waals surface area contributed by atoms with Crippen LogP contribution in [-0.2, 0) is 31.6 Å². The van der Waals surface area contributed by atoms with Gasteiger partial charge in [-0.05, 0) is 62.7 Å². The minimum atomic E-state index is -1.11. The number of likely N-dealkylation sites (N-methyl/N-ethyl adjacent to an activating group) is 2. The molecular weight excluding hydrogens is 596 g/mol. The Kier molecular flexibility index (Phi) is 13.8. The number of carbonyl (C=O) groups is 4. The van der Waals surface area contributed by atoms with Crippen LogP contribution in [0.3, 0.4) is 0 Å². The standard InChI is InChI=1S/C36H58N6O5/c1-22(2)28(20-23(3)31(43)39-26(34(46)47)17-14-15-19-37)42(11)33(45)30(35(4,5)6)40-32(44)29(38-9)36(7,8)25-21-41(10)27-18-13-12-16-24(25)27/h12-13,16,18,20-22,26,28-30,38H,14-15,17,19,37H2,1-11H3,(H,39,43)(H,40,44)(H,46,47)/b23-20+/t26-,28+,29+,30?/m0/s1. The molecule has 0 radical (unpaired) electrons. The number of unbranched alkanes of at least 4 members (excludes halogenated alkanes) is 1. The van der Waals surface area contributed by atoms with Crippen LogP contribution in [0.5, 0.6) is 0 Å². The van der Waals surface area contributed by atoms with Crippen LogP contribution < -0.4 is 21.7 Å². The molecule has 11 nitrogen and oxygen atoms in total. The summed E-state index contributed by atoms with van der Waals surface area (Å²) in [6.07, 6.45) is 5.26. The number of carboxylic acids is 1. The van der Waals surface area contributed by atoms with Crippen molar-refractivity contribution in [3.05, 3.63) is 47.7 Å². The number of fused-ring (bicyclic) bond motifs is 1. The Bertz CT molecular complexity index is 1440. The summed E-state index contributed by atoms with van der Waals surface area (Å²) in [4.78, 5) is 54.7. The zero-order chi connectivity index (χ0) is 35.9. The van der Waals surface area contributed by atoms with E-state index in [1.807, 2.05) is 73.7 Å². The van der Waals surface area contributed by atoms with Gasteiger partial charge < -0.3 is 36.3 Å². The van der Waals surface area contributed by atoms with Crippen molar-refractivity contribution in [1.29, 1.82) is 0 Å². The van der Waals surface area contributed by atoms with Gasteiger partial charge in [-0.1, -0.05) is 72.7 Å². The second-order valence-corrected chi connectivity index (χ2v) is 14.6. The maximum absolute atomic E-state index is 14.2. The Hall–Kier alpha value is -3.70. The van der Waals surface area contributed by atoms with E-state index in [2.05, 4.69) is 32.8 Å². The van der Waals surface area contributed by atoms with E-state index < -0.39 is 46.9 Å². The second-order valence-electron chi connectivity index (χ2n) is 14.6. The van der Waals surface area contributed by atoms with Gasteiger partial charge in [0.1, 0.15) is 12.1 Å². The summed E-state index contributed by atoms with van der Waals surface area (Å²) in [7, 11) is 5.40. The molecule has 0 bridgehead atoms. The molecule has 3 amide bonds. The molecule has 0 saturated heterocycles. The van der Waals surface area contributed by atoms with E-state index in [-0.39, 0.29) is 24.2 Å². The van der Waals surface area contributed by atoms with Gasteiger partial charge >= 0.3 is 5.97 Å². The summed E-state index contributed by atoms with van der Waals surface area (Å²) in [5.74, 6) is -2.29. The van der Waals surface area contributed by atoms with Gasteiger partial charge in [-0.15, -0.1) is 0 Å². The zero-order valence-electron chi connectivity index (χ0n) is 30.2. The number of nitrogens with two attached hydrogens (primary N) is 1. The average molecular weight is 655 g/mol. The lowest BCUT2D eigenvalue weighted by Gasteiger charge is -2.39. The Morgan fingerprint density at radius 3 is 2.17 bits per heavy atom. The molecule has 11 heteroatoms. The molecule has 1 unspecified atom stereocenters. The fraction of sp³-hybridized carbons (Fsp3) is 0.611.